The fourth-order valence-electron chi connectivity index (χ4n) is 2.82. The zero-order chi connectivity index (χ0) is 13.9. The Morgan fingerprint density at radius 3 is 2.70 bits per heavy atom. The van der Waals surface area contributed by atoms with Gasteiger partial charge in [0.1, 0.15) is 5.75 Å². The Labute approximate surface area is 120 Å². The molecule has 1 aliphatic rings. The molecule has 20 heavy (non-hydrogen) atoms. The fraction of sp³-hybridized carbons (Fsp3) is 0.294. The van der Waals surface area contributed by atoms with Crippen LogP contribution < -0.4 is 15.4 Å². The number of nitrogens with zero attached hydrogens (tertiary/aromatic N) is 1. The van der Waals surface area contributed by atoms with Gasteiger partial charge in [-0.25, -0.2) is 0 Å². The maximum absolute atomic E-state index is 6.03. The molecule has 3 nitrogen and oxygen atoms in total. The van der Waals surface area contributed by atoms with Crippen molar-refractivity contribution in [3.63, 3.8) is 0 Å². The molecular weight excluding hydrogens is 248 g/mol. The third-order valence-corrected chi connectivity index (χ3v) is 3.99. The van der Waals surface area contributed by atoms with Crippen molar-refractivity contribution in [2.24, 2.45) is 0 Å². The molecule has 0 aliphatic carbocycles. The molecule has 0 aromatic heterocycles. The zero-order valence-corrected chi connectivity index (χ0v) is 11.8. The number of methoxy groups -OCH3 is 1. The summed E-state index contributed by atoms with van der Waals surface area (Å²) in [6.07, 6.45) is 2.10. The van der Waals surface area contributed by atoms with Gasteiger partial charge < -0.3 is 15.4 Å². The number of anilines is 2. The average molecular weight is 268 g/mol. The molecule has 0 bridgehead atoms. The summed E-state index contributed by atoms with van der Waals surface area (Å²) in [6.45, 7) is 2.10. The van der Waals surface area contributed by atoms with Gasteiger partial charge in [0.15, 0.2) is 0 Å². The topological polar surface area (TPSA) is 38.5 Å². The molecule has 0 amide bonds. The largest absolute Gasteiger partial charge is 0.497 e. The summed E-state index contributed by atoms with van der Waals surface area (Å²) in [5.41, 5.74) is 10.9. The van der Waals surface area contributed by atoms with Gasteiger partial charge in [0.05, 0.1) is 7.11 Å². The maximum atomic E-state index is 6.03. The van der Waals surface area contributed by atoms with E-state index in [1.54, 1.807) is 7.11 Å². The van der Waals surface area contributed by atoms with Crippen LogP contribution in [0.1, 0.15) is 11.1 Å². The van der Waals surface area contributed by atoms with E-state index in [1.807, 2.05) is 24.3 Å². The lowest BCUT2D eigenvalue weighted by molar-refractivity contribution is 0.414. The third-order valence-electron chi connectivity index (χ3n) is 3.99. The van der Waals surface area contributed by atoms with Gasteiger partial charge in [-0.3, -0.25) is 0 Å². The summed E-state index contributed by atoms with van der Waals surface area (Å²) in [7, 11) is 1.70. The van der Waals surface area contributed by atoms with E-state index in [-0.39, 0.29) is 0 Å². The monoisotopic (exact) mass is 268 g/mol. The number of fused-ring (bicyclic) bond motifs is 1. The molecule has 1 heterocycles. The standard InChI is InChI=1S/C17H20N2O/c1-20-14-7-5-13(6-8-14)9-11-19-12-10-15-16(18)3-2-4-17(15)19/h2-8H,9-12,18H2,1H3. The lowest BCUT2D eigenvalue weighted by Crippen LogP contribution is -2.23. The number of ether oxygens (including phenoxy) is 1. The highest BCUT2D eigenvalue weighted by atomic mass is 16.5. The van der Waals surface area contributed by atoms with Crippen LogP contribution in [0.4, 0.5) is 11.4 Å². The minimum absolute atomic E-state index is 0.910. The SMILES string of the molecule is COc1ccc(CCN2CCc3c(N)cccc32)cc1. The first kappa shape index (κ1) is 12.9. The van der Waals surface area contributed by atoms with Crippen LogP contribution in [0.2, 0.25) is 0 Å². The van der Waals surface area contributed by atoms with Crippen molar-refractivity contribution in [2.75, 3.05) is 30.8 Å². The highest BCUT2D eigenvalue weighted by molar-refractivity contribution is 5.68. The molecule has 3 rings (SSSR count). The van der Waals surface area contributed by atoms with Crippen LogP contribution in [0.3, 0.4) is 0 Å². The van der Waals surface area contributed by atoms with Gasteiger partial charge in [0.25, 0.3) is 0 Å². The molecule has 0 radical (unpaired) electrons. The first-order valence-electron chi connectivity index (χ1n) is 7.03. The van der Waals surface area contributed by atoms with Crippen LogP contribution in [0.25, 0.3) is 0 Å². The van der Waals surface area contributed by atoms with E-state index < -0.39 is 0 Å². The third kappa shape index (κ3) is 2.44. The molecule has 0 fully saturated rings. The quantitative estimate of drug-likeness (QED) is 0.867. The van der Waals surface area contributed by atoms with Crippen molar-refractivity contribution in [1.29, 1.82) is 0 Å². The molecule has 0 saturated heterocycles. The second-order valence-electron chi connectivity index (χ2n) is 5.18. The maximum Gasteiger partial charge on any atom is 0.118 e. The Kier molecular flexibility index (Phi) is 3.50. The van der Waals surface area contributed by atoms with E-state index in [9.17, 15) is 0 Å². The number of hydrogen-bond donors (Lipinski definition) is 1. The molecule has 1 aliphatic heterocycles. The number of benzene rings is 2. The normalized spacial score (nSPS) is 13.3. The summed E-state index contributed by atoms with van der Waals surface area (Å²) in [5.74, 6) is 0.910. The number of nitrogen functional groups attached to an aromatic ring is 1. The van der Waals surface area contributed by atoms with Crippen LogP contribution in [-0.4, -0.2) is 20.2 Å². The lowest BCUT2D eigenvalue weighted by Gasteiger charge is -2.19. The molecule has 0 saturated carbocycles. The summed E-state index contributed by atoms with van der Waals surface area (Å²) < 4.78 is 5.18. The number of nitrogens with two attached hydrogens (primary N) is 1. The van der Waals surface area contributed by atoms with Gasteiger partial charge >= 0.3 is 0 Å². The van der Waals surface area contributed by atoms with E-state index in [4.69, 9.17) is 10.5 Å². The van der Waals surface area contributed by atoms with Gasteiger partial charge in [0, 0.05) is 30.0 Å². The minimum atomic E-state index is 0.910. The Balaban J connectivity index is 1.67. The highest BCUT2D eigenvalue weighted by Crippen LogP contribution is 2.32. The average Bonchev–Trinajstić information content (AvgIpc) is 2.90. The summed E-state index contributed by atoms with van der Waals surface area (Å²) >= 11 is 0. The van der Waals surface area contributed by atoms with E-state index in [1.165, 1.54) is 16.8 Å². The Hall–Kier alpha value is -2.16. The van der Waals surface area contributed by atoms with Crippen LogP contribution in [-0.2, 0) is 12.8 Å². The van der Waals surface area contributed by atoms with Gasteiger partial charge in [-0.15, -0.1) is 0 Å². The molecular formula is C17H20N2O. The van der Waals surface area contributed by atoms with E-state index in [0.717, 1.165) is 37.4 Å². The van der Waals surface area contributed by atoms with Gasteiger partial charge in [-0.1, -0.05) is 18.2 Å². The fourth-order valence-corrected chi connectivity index (χ4v) is 2.82. The van der Waals surface area contributed by atoms with Crippen molar-refractivity contribution >= 4 is 11.4 Å². The Bertz CT molecular complexity index is 592. The molecule has 104 valence electrons. The van der Waals surface area contributed by atoms with Crippen molar-refractivity contribution < 1.29 is 4.74 Å². The molecule has 0 atom stereocenters. The first-order valence-corrected chi connectivity index (χ1v) is 7.03. The molecule has 2 aromatic carbocycles. The number of rotatable bonds is 4. The van der Waals surface area contributed by atoms with E-state index >= 15 is 0 Å². The molecule has 3 heteroatoms. The van der Waals surface area contributed by atoms with Gasteiger partial charge in [0.2, 0.25) is 0 Å². The minimum Gasteiger partial charge on any atom is -0.497 e. The molecule has 0 unspecified atom stereocenters. The second kappa shape index (κ2) is 5.45. The Morgan fingerprint density at radius 2 is 1.95 bits per heavy atom. The smallest absolute Gasteiger partial charge is 0.118 e. The van der Waals surface area contributed by atoms with Crippen molar-refractivity contribution in [3.8, 4) is 5.75 Å². The predicted octanol–water partition coefficient (Wildman–Crippen LogP) is 2.88. The summed E-state index contributed by atoms with van der Waals surface area (Å²) in [5, 5.41) is 0. The summed E-state index contributed by atoms with van der Waals surface area (Å²) in [6, 6.07) is 14.5. The van der Waals surface area contributed by atoms with Gasteiger partial charge in [-0.2, -0.15) is 0 Å². The van der Waals surface area contributed by atoms with Crippen LogP contribution >= 0.6 is 0 Å². The second-order valence-corrected chi connectivity index (χ2v) is 5.18. The van der Waals surface area contributed by atoms with E-state index in [0.29, 0.717) is 0 Å². The molecule has 0 spiro atoms. The van der Waals surface area contributed by atoms with Crippen LogP contribution in [0, 0.1) is 0 Å². The summed E-state index contributed by atoms with van der Waals surface area (Å²) in [4.78, 5) is 2.43. The van der Waals surface area contributed by atoms with E-state index in [2.05, 4.69) is 23.1 Å². The molecule has 2 aromatic rings. The van der Waals surface area contributed by atoms with Crippen molar-refractivity contribution in [1.82, 2.24) is 0 Å². The highest BCUT2D eigenvalue weighted by Gasteiger charge is 2.20. The predicted molar refractivity (Wildman–Crippen MR) is 83.5 cm³/mol. The lowest BCUT2D eigenvalue weighted by atomic mass is 10.1. The van der Waals surface area contributed by atoms with Crippen molar-refractivity contribution in [2.45, 2.75) is 12.8 Å². The van der Waals surface area contributed by atoms with Crippen LogP contribution in [0.15, 0.2) is 42.5 Å². The van der Waals surface area contributed by atoms with Crippen LogP contribution in [0.5, 0.6) is 5.75 Å². The number of hydrogen-bond acceptors (Lipinski definition) is 3. The first-order chi connectivity index (χ1) is 9.78. The zero-order valence-electron chi connectivity index (χ0n) is 11.8. The van der Waals surface area contributed by atoms with Crippen molar-refractivity contribution in [3.05, 3.63) is 53.6 Å². The Morgan fingerprint density at radius 1 is 1.15 bits per heavy atom. The molecule has 2 N–H and O–H groups in total. The van der Waals surface area contributed by atoms with Gasteiger partial charge in [-0.05, 0) is 42.7 Å².